The minimum atomic E-state index is -1.14. The largest absolute Gasteiger partial charge is 0.508 e. The van der Waals surface area contributed by atoms with E-state index >= 15 is 0 Å². The molecular formula is C42H47N5O8. The number of ether oxygens (including phenoxy) is 1. The first kappa shape index (κ1) is 40.0. The first-order valence-electron chi connectivity index (χ1n) is 18.4. The molecule has 3 atom stereocenters. The van der Waals surface area contributed by atoms with Gasteiger partial charge in [0.2, 0.25) is 17.7 Å². The molecule has 4 aromatic carbocycles. The van der Waals surface area contributed by atoms with Gasteiger partial charge < -0.3 is 42.0 Å². The summed E-state index contributed by atoms with van der Waals surface area (Å²) in [6.07, 6.45) is 0.239. The molecule has 0 fully saturated rings. The maximum Gasteiger partial charge on any atom is 0.407 e. The molecule has 0 saturated heterocycles. The van der Waals surface area contributed by atoms with E-state index in [1.807, 2.05) is 78.9 Å². The van der Waals surface area contributed by atoms with Gasteiger partial charge in [0.1, 0.15) is 30.5 Å². The number of nitrogens with one attached hydrogen (secondary N) is 4. The molecule has 4 aromatic rings. The number of alkyl carbamates (subject to hydrolysis) is 1. The molecule has 1 aliphatic carbocycles. The maximum atomic E-state index is 14.0. The number of amides is 4. The van der Waals surface area contributed by atoms with E-state index in [0.29, 0.717) is 24.9 Å². The molecule has 0 saturated carbocycles. The summed E-state index contributed by atoms with van der Waals surface area (Å²) in [7, 11) is 0. The second kappa shape index (κ2) is 19.7. The zero-order valence-corrected chi connectivity index (χ0v) is 30.4. The lowest BCUT2D eigenvalue weighted by atomic mass is 9.98. The van der Waals surface area contributed by atoms with Crippen molar-refractivity contribution in [3.05, 3.63) is 125 Å². The second-order valence-electron chi connectivity index (χ2n) is 13.4. The Bertz CT molecular complexity index is 1890. The van der Waals surface area contributed by atoms with Gasteiger partial charge in [0, 0.05) is 25.3 Å². The molecule has 0 heterocycles. The Hall–Kier alpha value is -6.21. The Balaban J connectivity index is 1.31. The fourth-order valence-corrected chi connectivity index (χ4v) is 6.64. The third-order valence-corrected chi connectivity index (χ3v) is 9.46. The number of carboxylic acid groups (broad SMARTS) is 1. The topological polar surface area (TPSA) is 209 Å². The normalized spacial score (nSPS) is 13.3. The maximum absolute atomic E-state index is 14.0. The molecule has 0 spiro atoms. The van der Waals surface area contributed by atoms with Crippen molar-refractivity contribution in [2.45, 2.75) is 62.6 Å². The van der Waals surface area contributed by atoms with Gasteiger partial charge in [-0.3, -0.25) is 19.2 Å². The molecule has 55 heavy (non-hydrogen) atoms. The van der Waals surface area contributed by atoms with E-state index in [1.54, 1.807) is 12.1 Å². The average Bonchev–Trinajstić information content (AvgIpc) is 3.50. The molecule has 0 unspecified atom stereocenters. The van der Waals surface area contributed by atoms with Gasteiger partial charge in [0.25, 0.3) is 0 Å². The monoisotopic (exact) mass is 749 g/mol. The molecule has 0 aromatic heterocycles. The van der Waals surface area contributed by atoms with Gasteiger partial charge in [-0.2, -0.15) is 0 Å². The Morgan fingerprint density at radius 1 is 0.655 bits per heavy atom. The Kier molecular flexibility index (Phi) is 14.4. The van der Waals surface area contributed by atoms with Gasteiger partial charge in [0.05, 0.1) is 6.42 Å². The summed E-state index contributed by atoms with van der Waals surface area (Å²) in [5.74, 6) is -3.17. The molecule has 4 amide bonds. The molecule has 1 aliphatic rings. The highest BCUT2D eigenvalue weighted by Crippen LogP contribution is 2.44. The SMILES string of the molecule is NCCCC[C@H](NC(=O)[C@H](Cc1ccccc1)NC(=O)OCC1c2ccccc2-c2ccccc21)C(=O)N[C@@H](Cc1ccc(O)cc1)C(=O)NCCC(=O)O. The molecule has 8 N–H and O–H groups in total. The van der Waals surface area contributed by atoms with Crippen LogP contribution in [0.3, 0.4) is 0 Å². The summed E-state index contributed by atoms with van der Waals surface area (Å²) in [6.45, 7) is 0.244. The number of phenols is 1. The summed E-state index contributed by atoms with van der Waals surface area (Å²) in [5, 5.41) is 29.6. The Morgan fingerprint density at radius 2 is 1.20 bits per heavy atom. The molecule has 13 nitrogen and oxygen atoms in total. The van der Waals surface area contributed by atoms with Crippen LogP contribution in [0.25, 0.3) is 11.1 Å². The van der Waals surface area contributed by atoms with Crippen LogP contribution < -0.4 is 27.0 Å². The number of carbonyl (C=O) groups excluding carboxylic acids is 4. The number of unbranched alkanes of at least 4 members (excludes halogenated alkanes) is 1. The molecular weight excluding hydrogens is 702 g/mol. The average molecular weight is 750 g/mol. The van der Waals surface area contributed by atoms with Crippen LogP contribution in [-0.4, -0.2) is 77.8 Å². The number of rotatable bonds is 19. The van der Waals surface area contributed by atoms with E-state index in [2.05, 4.69) is 21.3 Å². The van der Waals surface area contributed by atoms with Crippen molar-refractivity contribution in [1.82, 2.24) is 21.3 Å². The molecule has 0 aliphatic heterocycles. The minimum Gasteiger partial charge on any atom is -0.508 e. The van der Waals surface area contributed by atoms with Crippen LogP contribution in [0.4, 0.5) is 4.79 Å². The van der Waals surface area contributed by atoms with Crippen molar-refractivity contribution in [1.29, 1.82) is 0 Å². The lowest BCUT2D eigenvalue weighted by Gasteiger charge is -2.26. The number of hydrogen-bond donors (Lipinski definition) is 7. The molecule has 288 valence electrons. The molecule has 5 rings (SSSR count). The number of aromatic hydroxyl groups is 1. The van der Waals surface area contributed by atoms with Gasteiger partial charge in [0.15, 0.2) is 0 Å². The minimum absolute atomic E-state index is 0.0222. The summed E-state index contributed by atoms with van der Waals surface area (Å²) in [4.78, 5) is 65.6. The van der Waals surface area contributed by atoms with Gasteiger partial charge in [-0.05, 0) is 71.3 Å². The smallest absolute Gasteiger partial charge is 0.407 e. The highest BCUT2D eigenvalue weighted by molar-refractivity contribution is 5.94. The number of nitrogens with two attached hydrogens (primary N) is 1. The van der Waals surface area contributed by atoms with Gasteiger partial charge in [-0.25, -0.2) is 4.79 Å². The van der Waals surface area contributed by atoms with E-state index in [-0.39, 0.29) is 50.5 Å². The molecule has 0 radical (unpaired) electrons. The standard InChI is InChI=1S/C42H47N5O8/c43-22-9-8-16-35(40(52)46-36(39(51)44-23-21-38(49)50)25-28-17-19-29(48)20-18-28)45-41(53)37(24-27-10-2-1-3-11-27)47-42(54)55-26-34-32-14-6-4-12-30(32)31-13-5-7-15-33(31)34/h1-7,10-15,17-20,34-37,48H,8-9,16,21-26,43H2,(H,44,51)(H,45,53)(H,46,52)(H,47,54)(H,49,50)/t35-,36-,37-/m0/s1. The lowest BCUT2D eigenvalue weighted by molar-refractivity contribution is -0.137. The summed E-state index contributed by atoms with van der Waals surface area (Å²) in [5.41, 5.74) is 11.4. The van der Waals surface area contributed by atoms with Crippen molar-refractivity contribution < 1.29 is 38.9 Å². The van der Waals surface area contributed by atoms with E-state index in [4.69, 9.17) is 15.6 Å². The predicted octanol–water partition coefficient (Wildman–Crippen LogP) is 3.77. The highest BCUT2D eigenvalue weighted by atomic mass is 16.5. The zero-order valence-electron chi connectivity index (χ0n) is 30.4. The molecule has 0 bridgehead atoms. The van der Waals surface area contributed by atoms with E-state index in [1.165, 1.54) is 12.1 Å². The fraction of sp³-hybridized carbons (Fsp3) is 0.310. The van der Waals surface area contributed by atoms with Crippen LogP contribution in [0, 0.1) is 0 Å². The van der Waals surface area contributed by atoms with Crippen molar-refractivity contribution in [2.75, 3.05) is 19.7 Å². The summed E-state index contributed by atoms with van der Waals surface area (Å²) < 4.78 is 5.76. The van der Waals surface area contributed by atoms with Crippen molar-refractivity contribution in [2.24, 2.45) is 5.73 Å². The molecule has 13 heteroatoms. The number of carboxylic acids is 1. The Morgan fingerprint density at radius 3 is 1.82 bits per heavy atom. The van der Waals surface area contributed by atoms with Crippen LogP contribution >= 0.6 is 0 Å². The second-order valence-corrected chi connectivity index (χ2v) is 13.4. The third-order valence-electron chi connectivity index (χ3n) is 9.46. The zero-order chi connectivity index (χ0) is 39.2. The number of carbonyl (C=O) groups is 5. The van der Waals surface area contributed by atoms with Crippen LogP contribution in [0.1, 0.15) is 53.9 Å². The van der Waals surface area contributed by atoms with Crippen molar-refractivity contribution >= 4 is 29.8 Å². The first-order chi connectivity index (χ1) is 26.6. The highest BCUT2D eigenvalue weighted by Gasteiger charge is 2.32. The third kappa shape index (κ3) is 11.4. The van der Waals surface area contributed by atoms with E-state index in [9.17, 15) is 29.1 Å². The number of aliphatic carboxylic acids is 1. The van der Waals surface area contributed by atoms with Crippen LogP contribution in [0.15, 0.2) is 103 Å². The quantitative estimate of drug-likeness (QED) is 0.0695. The number of benzene rings is 4. The first-order valence-corrected chi connectivity index (χ1v) is 18.4. The number of hydrogen-bond acceptors (Lipinski definition) is 8. The van der Waals surface area contributed by atoms with Crippen LogP contribution in [0.5, 0.6) is 5.75 Å². The van der Waals surface area contributed by atoms with Gasteiger partial charge in [-0.15, -0.1) is 0 Å². The lowest BCUT2D eigenvalue weighted by Crippen LogP contribution is -2.57. The number of fused-ring (bicyclic) bond motifs is 3. The van der Waals surface area contributed by atoms with Crippen LogP contribution in [-0.2, 0) is 36.8 Å². The summed E-state index contributed by atoms with van der Waals surface area (Å²) >= 11 is 0. The number of phenolic OH excluding ortho intramolecular Hbond substituents is 1. The summed E-state index contributed by atoms with van der Waals surface area (Å²) in [6, 6.07) is 27.7. The fourth-order valence-electron chi connectivity index (χ4n) is 6.64. The van der Waals surface area contributed by atoms with Crippen molar-refractivity contribution in [3.8, 4) is 16.9 Å². The van der Waals surface area contributed by atoms with Gasteiger partial charge in [-0.1, -0.05) is 91.0 Å². The van der Waals surface area contributed by atoms with E-state index in [0.717, 1.165) is 27.8 Å². The van der Waals surface area contributed by atoms with Crippen molar-refractivity contribution in [3.63, 3.8) is 0 Å². The predicted molar refractivity (Wildman–Crippen MR) is 206 cm³/mol. The van der Waals surface area contributed by atoms with Crippen LogP contribution in [0.2, 0.25) is 0 Å². The van der Waals surface area contributed by atoms with Gasteiger partial charge >= 0.3 is 12.1 Å². The van der Waals surface area contributed by atoms with E-state index < -0.39 is 47.9 Å². The Labute approximate surface area is 319 Å².